The minimum Gasteiger partial charge on any atom is -0.489 e. The van der Waals surface area contributed by atoms with E-state index >= 15 is 0 Å². The number of carbonyl (C=O) groups is 8. The Hall–Kier alpha value is -11.6. The molecule has 19 nitrogen and oxygen atoms in total. The van der Waals surface area contributed by atoms with Gasteiger partial charge in [-0.2, -0.15) is 0 Å². The molecule has 24 rings (SSSR count). The van der Waals surface area contributed by atoms with Gasteiger partial charge >= 0.3 is 0 Å². The van der Waals surface area contributed by atoms with E-state index in [0.29, 0.717) is 110 Å². The minimum atomic E-state index is -0.373. The van der Waals surface area contributed by atoms with Crippen LogP contribution in [0.1, 0.15) is 183 Å². The third kappa shape index (κ3) is 13.5. The molecule has 126 heavy (non-hydrogen) atoms. The number of fused-ring (bicyclic) bond motifs is 16. The van der Waals surface area contributed by atoms with Gasteiger partial charge in [0.2, 0.25) is 0 Å². The average molecular weight is 1680 g/mol. The topological polar surface area (TPSA) is 286 Å². The third-order valence-corrected chi connectivity index (χ3v) is 32.1. The van der Waals surface area contributed by atoms with Gasteiger partial charge in [-0.1, -0.05) is 113 Å². The smallest absolute Gasteiger partial charge is 0.166 e. The van der Waals surface area contributed by atoms with Crippen LogP contribution >= 0.6 is 0 Å². The second-order valence-corrected chi connectivity index (χ2v) is 39.3. The fourth-order valence-corrected chi connectivity index (χ4v) is 25.4. The molecule has 6 saturated carbocycles. The van der Waals surface area contributed by atoms with Crippen molar-refractivity contribution < 1.29 is 72.6 Å². The highest BCUT2D eigenvalue weighted by molar-refractivity contribution is 6.04. The lowest BCUT2D eigenvalue weighted by molar-refractivity contribution is -0.120. The molecule has 8 heterocycles. The number of ketones is 8. The maximum atomic E-state index is 13.4. The molecule has 3 unspecified atom stereocenters. The summed E-state index contributed by atoms with van der Waals surface area (Å²) in [5.41, 5.74) is 10.2. The summed E-state index contributed by atoms with van der Waals surface area (Å²) in [6.07, 6.45) is 40.9. The summed E-state index contributed by atoms with van der Waals surface area (Å²) in [6, 6.07) is 32.9. The van der Waals surface area contributed by atoms with Crippen LogP contribution in [0.5, 0.6) is 0 Å². The molecule has 640 valence electrons. The lowest BCUT2D eigenvalue weighted by Gasteiger charge is -2.47. The predicted octanol–water partition coefficient (Wildman–Crippen LogP) is 17.4. The predicted molar refractivity (Wildman–Crippen MR) is 473 cm³/mol. The lowest BCUT2D eigenvalue weighted by Crippen LogP contribution is -2.44. The summed E-state index contributed by atoms with van der Waals surface area (Å²) in [4.78, 5) is 121. The number of pyridine rings is 4. The van der Waals surface area contributed by atoms with Gasteiger partial charge in [-0.15, -0.1) is 0 Å². The molecule has 4 aromatic carbocycles. The van der Waals surface area contributed by atoms with Crippen LogP contribution in [0.15, 0.2) is 263 Å². The van der Waals surface area contributed by atoms with E-state index in [4.69, 9.17) is 18.9 Å². The van der Waals surface area contributed by atoms with Crippen LogP contribution in [0.25, 0.3) is 43.1 Å². The van der Waals surface area contributed by atoms with Crippen molar-refractivity contribution in [3.05, 3.63) is 285 Å². The highest BCUT2D eigenvalue weighted by Crippen LogP contribution is 2.65. The SMILES string of the molecule is C[C@]12C=CC3=CC4=C(CC(CO)CC4=O)O[C@H]3[C@@H]1CC(=O)[C@@H]2c1ccc2ccncc2c1.C[C@]12C=CC3=CC4=C(CC(CO)CC4=O)O[C@H]3[C@@H]1CC(=O)[C@@H]2c1ccc2cnccc2c1.C[C@]12CCC3=CC4=C(CC(CO)CC4=O)O[C@H]3[C@@H]1CC(=O)[C@@H]2c1ccc2ccncc2c1.C[C@]12CCC3=CC4=C(CCCC4=O)O[C@H]3[C@@H]1CC(=O)[C@@H]2c1cccc2cnccc12. The van der Waals surface area contributed by atoms with E-state index < -0.39 is 0 Å². The number of aliphatic hydroxyl groups is 3. The van der Waals surface area contributed by atoms with Gasteiger partial charge in [-0.3, -0.25) is 58.3 Å². The number of rotatable bonds is 7. The monoisotopic (exact) mass is 1680 g/mol. The standard InChI is InChI=1S/C27H25NO4.C27H27NO4.C27H25NO4.C26H25NO3/c1-27-6-4-18-11-20-22(30)8-15(14-29)9-24(20)32-26(18)21(27)12-23(31)25(27)17-2-3-19-13-28-7-5-16(19)10-17;2*1-27-6-4-18-11-20-22(30)8-15(14-29)9-24(20)32-26(18)21(27)12-23(31)25(27)17-3-2-16-5-7-28-13-19(16)10-17;1-26-10-8-15-12-19-21(28)6-3-7-23(19)30-25(15)20(26)13-22(29)24(26)18-5-2-4-16-14-27-11-9-17(16)18/h2-7,10-11,13,15,21,25-26,29H,8-9,12,14H2,1H3;2-3,5,7,10-11,13,15,21,25-26,29H,4,6,8-9,12,14H2,1H3;2-7,10-11,13,15,21,25-26,29H,8-9,12,14H2,1H3;2,4-5,9,11-12,14,20,24-25H,3,6-8,10,13H2,1H3/t3*15?,21-,25-,26+,27-;20-,24-,25+,26-/m0000/s1. The number of benzene rings is 4. The number of nitrogens with zero attached hydrogens (tertiary/aromatic N) is 4. The number of allylic oxidation sites excluding steroid dienone is 14. The maximum Gasteiger partial charge on any atom is 0.166 e. The number of aliphatic hydroxyl groups excluding tert-OH is 3. The molecule has 0 radical (unpaired) electrons. The number of Topliss-reactive ketones (excluding diaryl/α,β-unsaturated/α-hetero) is 8. The molecule has 0 bridgehead atoms. The molecule has 19 atom stereocenters. The van der Waals surface area contributed by atoms with E-state index in [9.17, 15) is 53.7 Å². The van der Waals surface area contributed by atoms with Gasteiger partial charge in [-0.05, 0) is 187 Å². The van der Waals surface area contributed by atoms with E-state index in [1.165, 1.54) is 5.57 Å². The zero-order chi connectivity index (χ0) is 86.6. The second-order valence-electron chi connectivity index (χ2n) is 39.3. The first-order valence-electron chi connectivity index (χ1n) is 45.2. The van der Waals surface area contributed by atoms with Crippen LogP contribution in [0.4, 0.5) is 0 Å². The molecule has 4 aromatic heterocycles. The fourth-order valence-electron chi connectivity index (χ4n) is 25.4. The molecule has 12 aliphatic carbocycles. The van der Waals surface area contributed by atoms with Gasteiger partial charge in [0, 0.05) is 214 Å². The Morgan fingerprint density at radius 1 is 0.357 bits per heavy atom. The average Bonchev–Trinajstić information content (AvgIpc) is 1.53. The summed E-state index contributed by atoms with van der Waals surface area (Å²) in [6.45, 7) is 8.79. The molecule has 0 spiro atoms. The largest absolute Gasteiger partial charge is 0.489 e. The Labute approximate surface area is 730 Å². The Morgan fingerprint density at radius 3 is 1.28 bits per heavy atom. The number of hydrogen-bond acceptors (Lipinski definition) is 19. The lowest BCUT2D eigenvalue weighted by atomic mass is 9.61. The Balaban J connectivity index is 0.000000103. The van der Waals surface area contributed by atoms with E-state index in [1.54, 1.807) is 18.6 Å². The van der Waals surface area contributed by atoms with Crippen molar-refractivity contribution in [2.24, 2.45) is 63.1 Å². The molecule has 16 aliphatic rings. The summed E-state index contributed by atoms with van der Waals surface area (Å²) in [5, 5.41) is 37.4. The molecule has 6 fully saturated rings. The van der Waals surface area contributed by atoms with Gasteiger partial charge in [0.1, 0.15) is 70.6 Å². The first kappa shape index (κ1) is 81.4. The molecule has 19 heteroatoms. The van der Waals surface area contributed by atoms with E-state index in [0.717, 1.165) is 132 Å². The minimum absolute atomic E-state index is 0.000463. The number of ether oxygens (including phenoxy) is 4. The summed E-state index contributed by atoms with van der Waals surface area (Å²) in [5.74, 6) is 3.54. The van der Waals surface area contributed by atoms with Crippen molar-refractivity contribution >= 4 is 89.4 Å². The summed E-state index contributed by atoms with van der Waals surface area (Å²) in [7, 11) is 0. The van der Waals surface area contributed by atoms with Crippen LogP contribution in [0.3, 0.4) is 0 Å². The third-order valence-electron chi connectivity index (χ3n) is 32.1. The quantitative estimate of drug-likeness (QED) is 0.134. The first-order chi connectivity index (χ1) is 61.0. The van der Waals surface area contributed by atoms with Crippen molar-refractivity contribution in [3.8, 4) is 0 Å². The zero-order valence-electron chi connectivity index (χ0n) is 71.3. The van der Waals surface area contributed by atoms with Crippen molar-refractivity contribution in [2.45, 2.75) is 185 Å². The molecule has 3 N–H and O–H groups in total. The normalized spacial score (nSPS) is 33.5. The van der Waals surface area contributed by atoms with Crippen molar-refractivity contribution in [1.29, 1.82) is 0 Å². The van der Waals surface area contributed by atoms with Gasteiger partial charge in [0.15, 0.2) is 23.1 Å². The van der Waals surface area contributed by atoms with E-state index in [2.05, 4.69) is 120 Å². The van der Waals surface area contributed by atoms with Crippen molar-refractivity contribution in [3.63, 3.8) is 0 Å². The molecule has 0 amide bonds. The Kier molecular flexibility index (Phi) is 20.3. The van der Waals surface area contributed by atoms with Gasteiger partial charge in [0.25, 0.3) is 0 Å². The van der Waals surface area contributed by atoms with Crippen LogP contribution in [-0.2, 0) is 57.3 Å². The number of hydrogen-bond donors (Lipinski definition) is 3. The number of carbonyl (C=O) groups excluding carboxylic acids is 8. The van der Waals surface area contributed by atoms with Crippen LogP contribution < -0.4 is 0 Å². The van der Waals surface area contributed by atoms with E-state index in [1.807, 2.05) is 104 Å². The number of aromatic nitrogens is 4. The van der Waals surface area contributed by atoms with Crippen LogP contribution in [-0.4, -0.2) is 126 Å². The Bertz CT molecular complexity index is 6210. The molecular weight excluding hydrogens is 1580 g/mol. The molecule has 0 saturated heterocycles. The summed E-state index contributed by atoms with van der Waals surface area (Å²) < 4.78 is 25.9. The summed E-state index contributed by atoms with van der Waals surface area (Å²) >= 11 is 0. The fraction of sp³-hybridized carbons (Fsp3) is 0.402. The van der Waals surface area contributed by atoms with Gasteiger partial charge in [0.05, 0.1) is 34.1 Å². The Morgan fingerprint density at radius 2 is 0.762 bits per heavy atom. The van der Waals surface area contributed by atoms with Crippen LogP contribution in [0, 0.1) is 63.1 Å². The van der Waals surface area contributed by atoms with E-state index in [-0.39, 0.29) is 171 Å². The highest BCUT2D eigenvalue weighted by atomic mass is 16.5. The van der Waals surface area contributed by atoms with Gasteiger partial charge < -0.3 is 34.3 Å². The van der Waals surface area contributed by atoms with Gasteiger partial charge in [-0.25, -0.2) is 0 Å². The van der Waals surface area contributed by atoms with Crippen molar-refractivity contribution in [1.82, 2.24) is 19.9 Å². The molecule has 8 aromatic rings. The maximum absolute atomic E-state index is 13.4. The molecular formula is C107H102N4O15. The molecule has 4 aliphatic heterocycles. The highest BCUT2D eigenvalue weighted by Gasteiger charge is 2.63. The second kappa shape index (κ2) is 31.4. The van der Waals surface area contributed by atoms with Crippen molar-refractivity contribution in [2.75, 3.05) is 19.8 Å². The van der Waals surface area contributed by atoms with Crippen LogP contribution in [0.2, 0.25) is 0 Å². The zero-order valence-corrected chi connectivity index (χ0v) is 71.3. The first-order valence-corrected chi connectivity index (χ1v) is 45.2.